The van der Waals surface area contributed by atoms with Crippen LogP contribution in [-0.4, -0.2) is 17.0 Å². The van der Waals surface area contributed by atoms with Gasteiger partial charge in [0.25, 0.3) is 0 Å². The molecule has 2 rings (SSSR count). The summed E-state index contributed by atoms with van der Waals surface area (Å²) in [5, 5.41) is 12.7. The normalized spacial score (nSPS) is 11.7. The standard InChI is InChI=1S/C17H15ClINO3/c18-13-7-5-11(6-8-13)9-12(17(22)23)10-16(21)20-15-4-2-1-3-14(15)19/h1-8,12H,9-10H2,(H,20,21)(H,22,23). The van der Waals surface area contributed by atoms with Gasteiger partial charge < -0.3 is 10.4 Å². The highest BCUT2D eigenvalue weighted by molar-refractivity contribution is 14.1. The maximum atomic E-state index is 12.1. The monoisotopic (exact) mass is 443 g/mol. The lowest BCUT2D eigenvalue weighted by Crippen LogP contribution is -2.24. The van der Waals surface area contributed by atoms with E-state index in [9.17, 15) is 14.7 Å². The van der Waals surface area contributed by atoms with E-state index in [1.165, 1.54) is 0 Å². The van der Waals surface area contributed by atoms with Crippen LogP contribution >= 0.6 is 34.2 Å². The Morgan fingerprint density at radius 1 is 1.13 bits per heavy atom. The molecular weight excluding hydrogens is 429 g/mol. The van der Waals surface area contributed by atoms with Gasteiger partial charge in [-0.1, -0.05) is 35.9 Å². The van der Waals surface area contributed by atoms with Gasteiger partial charge in [0, 0.05) is 15.0 Å². The van der Waals surface area contributed by atoms with Crippen molar-refractivity contribution in [1.82, 2.24) is 0 Å². The molecule has 2 aromatic rings. The minimum atomic E-state index is -0.988. The van der Waals surface area contributed by atoms with Gasteiger partial charge in [-0.15, -0.1) is 0 Å². The Labute approximate surface area is 153 Å². The van der Waals surface area contributed by atoms with Crippen LogP contribution in [0.5, 0.6) is 0 Å². The molecule has 2 N–H and O–H groups in total. The molecule has 23 heavy (non-hydrogen) atoms. The minimum absolute atomic E-state index is 0.0804. The number of anilines is 1. The van der Waals surface area contributed by atoms with Crippen LogP contribution in [0.25, 0.3) is 0 Å². The predicted molar refractivity (Wildman–Crippen MR) is 98.7 cm³/mol. The Bertz CT molecular complexity index is 703. The van der Waals surface area contributed by atoms with Crippen LogP contribution in [0, 0.1) is 9.49 Å². The van der Waals surface area contributed by atoms with E-state index in [0.717, 1.165) is 9.13 Å². The number of halogens is 2. The Hall–Kier alpha value is -1.60. The second-order valence-corrected chi connectivity index (χ2v) is 6.70. The zero-order valence-corrected chi connectivity index (χ0v) is 15.0. The molecule has 6 heteroatoms. The average Bonchev–Trinajstić information content (AvgIpc) is 2.51. The molecule has 0 bridgehead atoms. The molecule has 0 aromatic heterocycles. The molecule has 0 aliphatic rings. The van der Waals surface area contributed by atoms with E-state index in [0.29, 0.717) is 10.7 Å². The van der Waals surface area contributed by atoms with Gasteiger partial charge in [0.05, 0.1) is 11.6 Å². The van der Waals surface area contributed by atoms with Crippen LogP contribution in [0.3, 0.4) is 0 Å². The van der Waals surface area contributed by atoms with Crippen molar-refractivity contribution in [3.8, 4) is 0 Å². The van der Waals surface area contributed by atoms with Crippen LogP contribution in [0.15, 0.2) is 48.5 Å². The molecule has 1 unspecified atom stereocenters. The van der Waals surface area contributed by atoms with Gasteiger partial charge >= 0.3 is 5.97 Å². The zero-order valence-electron chi connectivity index (χ0n) is 12.1. The molecule has 0 fully saturated rings. The van der Waals surface area contributed by atoms with E-state index in [2.05, 4.69) is 27.9 Å². The summed E-state index contributed by atoms with van der Waals surface area (Å²) in [7, 11) is 0. The van der Waals surface area contributed by atoms with Gasteiger partial charge in [-0.25, -0.2) is 0 Å². The SMILES string of the molecule is O=C(CC(Cc1ccc(Cl)cc1)C(=O)O)Nc1ccccc1I. The molecule has 0 spiro atoms. The Kier molecular flexibility index (Phi) is 6.41. The molecule has 120 valence electrons. The van der Waals surface area contributed by atoms with E-state index in [1.54, 1.807) is 30.3 Å². The molecule has 1 atom stereocenters. The Morgan fingerprint density at radius 2 is 1.78 bits per heavy atom. The van der Waals surface area contributed by atoms with Crippen molar-refractivity contribution in [3.63, 3.8) is 0 Å². The first-order valence-corrected chi connectivity index (χ1v) is 8.43. The molecule has 0 radical (unpaired) electrons. The predicted octanol–water partition coefficient (Wildman–Crippen LogP) is 4.22. The van der Waals surface area contributed by atoms with E-state index in [-0.39, 0.29) is 18.7 Å². The number of hydrogen-bond donors (Lipinski definition) is 2. The third-order valence-electron chi connectivity index (χ3n) is 3.32. The molecule has 0 aliphatic carbocycles. The van der Waals surface area contributed by atoms with Crippen LogP contribution in [-0.2, 0) is 16.0 Å². The second kappa shape index (κ2) is 8.31. The lowest BCUT2D eigenvalue weighted by atomic mass is 9.96. The third-order valence-corrected chi connectivity index (χ3v) is 4.52. The van der Waals surface area contributed by atoms with Gasteiger partial charge in [-0.05, 0) is 58.8 Å². The highest BCUT2D eigenvalue weighted by Gasteiger charge is 2.22. The topological polar surface area (TPSA) is 66.4 Å². The van der Waals surface area contributed by atoms with Gasteiger partial charge in [0.15, 0.2) is 0 Å². The van der Waals surface area contributed by atoms with Gasteiger partial charge in [-0.2, -0.15) is 0 Å². The first-order valence-electron chi connectivity index (χ1n) is 6.97. The van der Waals surface area contributed by atoms with Crippen LogP contribution in [0.1, 0.15) is 12.0 Å². The number of benzene rings is 2. The van der Waals surface area contributed by atoms with Crippen molar-refractivity contribution in [3.05, 3.63) is 62.7 Å². The fourth-order valence-electron chi connectivity index (χ4n) is 2.14. The summed E-state index contributed by atoms with van der Waals surface area (Å²) in [6, 6.07) is 14.3. The van der Waals surface area contributed by atoms with Crippen molar-refractivity contribution in [2.45, 2.75) is 12.8 Å². The largest absolute Gasteiger partial charge is 0.481 e. The highest BCUT2D eigenvalue weighted by Crippen LogP contribution is 2.20. The van der Waals surface area contributed by atoms with Crippen molar-refractivity contribution in [1.29, 1.82) is 0 Å². The maximum absolute atomic E-state index is 12.1. The number of carbonyl (C=O) groups excluding carboxylic acids is 1. The van der Waals surface area contributed by atoms with E-state index >= 15 is 0 Å². The number of nitrogens with one attached hydrogen (secondary N) is 1. The fraction of sp³-hybridized carbons (Fsp3) is 0.176. The number of carboxylic acids is 1. The molecule has 0 saturated carbocycles. The molecule has 0 aliphatic heterocycles. The minimum Gasteiger partial charge on any atom is -0.481 e. The van der Waals surface area contributed by atoms with Crippen LogP contribution < -0.4 is 5.32 Å². The van der Waals surface area contributed by atoms with Crippen molar-refractivity contribution in [2.24, 2.45) is 5.92 Å². The van der Waals surface area contributed by atoms with Crippen LogP contribution in [0.4, 0.5) is 5.69 Å². The summed E-state index contributed by atoms with van der Waals surface area (Å²) >= 11 is 7.94. The average molecular weight is 444 g/mol. The Morgan fingerprint density at radius 3 is 2.39 bits per heavy atom. The second-order valence-electron chi connectivity index (χ2n) is 5.10. The van der Waals surface area contributed by atoms with Gasteiger partial charge in [0.2, 0.25) is 5.91 Å². The van der Waals surface area contributed by atoms with Crippen molar-refractivity contribution >= 4 is 51.8 Å². The number of carbonyl (C=O) groups is 2. The van der Waals surface area contributed by atoms with Crippen molar-refractivity contribution < 1.29 is 14.7 Å². The summed E-state index contributed by atoms with van der Waals surface area (Å²) in [5.41, 5.74) is 1.53. The van der Waals surface area contributed by atoms with Gasteiger partial charge in [-0.3, -0.25) is 9.59 Å². The number of amides is 1. The molecule has 0 saturated heterocycles. The van der Waals surface area contributed by atoms with Crippen LogP contribution in [0.2, 0.25) is 5.02 Å². The number of carboxylic acid groups (broad SMARTS) is 1. The number of hydrogen-bond acceptors (Lipinski definition) is 2. The number of para-hydroxylation sites is 1. The molecule has 4 nitrogen and oxygen atoms in total. The molecular formula is C17H15ClINO3. The van der Waals surface area contributed by atoms with E-state index in [1.807, 2.05) is 18.2 Å². The maximum Gasteiger partial charge on any atom is 0.307 e. The first-order chi connectivity index (χ1) is 11.0. The summed E-state index contributed by atoms with van der Waals surface area (Å²) in [5.74, 6) is -2.08. The lowest BCUT2D eigenvalue weighted by Gasteiger charge is -2.13. The summed E-state index contributed by atoms with van der Waals surface area (Å²) in [6.45, 7) is 0. The van der Waals surface area contributed by atoms with E-state index in [4.69, 9.17) is 11.6 Å². The highest BCUT2D eigenvalue weighted by atomic mass is 127. The van der Waals surface area contributed by atoms with Crippen molar-refractivity contribution in [2.75, 3.05) is 5.32 Å². The third kappa shape index (κ3) is 5.51. The molecule has 2 aromatic carbocycles. The number of rotatable bonds is 6. The quantitative estimate of drug-likeness (QED) is 0.657. The number of aliphatic carboxylic acids is 1. The zero-order chi connectivity index (χ0) is 16.8. The van der Waals surface area contributed by atoms with E-state index < -0.39 is 11.9 Å². The smallest absolute Gasteiger partial charge is 0.307 e. The fourth-order valence-corrected chi connectivity index (χ4v) is 2.79. The first kappa shape index (κ1) is 17.7. The summed E-state index contributed by atoms with van der Waals surface area (Å²) < 4.78 is 0.906. The molecule has 1 amide bonds. The summed E-state index contributed by atoms with van der Waals surface area (Å²) in [6.07, 6.45) is 0.203. The molecule has 0 heterocycles. The lowest BCUT2D eigenvalue weighted by molar-refractivity contribution is -0.143. The Balaban J connectivity index is 2.01. The van der Waals surface area contributed by atoms with Gasteiger partial charge in [0.1, 0.15) is 0 Å². The summed E-state index contributed by atoms with van der Waals surface area (Å²) in [4.78, 5) is 23.5.